The number of imidazole rings is 1. The van der Waals surface area contributed by atoms with Gasteiger partial charge in [-0.1, -0.05) is 6.07 Å². The van der Waals surface area contributed by atoms with Gasteiger partial charge in [0.05, 0.1) is 11.9 Å². The van der Waals surface area contributed by atoms with E-state index in [1.807, 2.05) is 29.1 Å². The Morgan fingerprint density at radius 2 is 2.10 bits per heavy atom. The van der Waals surface area contributed by atoms with Crippen LogP contribution in [0.15, 0.2) is 49.2 Å². The Labute approximate surface area is 116 Å². The van der Waals surface area contributed by atoms with Gasteiger partial charge in [0.15, 0.2) is 0 Å². The first-order valence-corrected chi connectivity index (χ1v) is 6.52. The first-order valence-electron chi connectivity index (χ1n) is 6.52. The van der Waals surface area contributed by atoms with E-state index >= 15 is 0 Å². The molecule has 20 heavy (non-hydrogen) atoms. The summed E-state index contributed by atoms with van der Waals surface area (Å²) in [6.45, 7) is 1.75. The number of aromatic nitrogens is 3. The number of carboxylic acids is 1. The summed E-state index contributed by atoms with van der Waals surface area (Å²) in [5.74, 6) is -0.891. The van der Waals surface area contributed by atoms with Gasteiger partial charge in [0.25, 0.3) is 0 Å². The quantitative estimate of drug-likeness (QED) is 0.774. The molecule has 0 spiro atoms. The highest BCUT2D eigenvalue weighted by atomic mass is 16.4. The molecular weight excluding hydrogens is 254 g/mol. The van der Waals surface area contributed by atoms with Crippen LogP contribution in [-0.4, -0.2) is 25.2 Å². The smallest absolute Gasteiger partial charge is 0.335 e. The molecule has 0 bridgehead atoms. The summed E-state index contributed by atoms with van der Waals surface area (Å²) in [5, 5.41) is 10.1. The SMILES string of the molecule is O=C(O)c1ccc2ccn(CCCn3ccnc3)c2c1. The van der Waals surface area contributed by atoms with E-state index in [1.54, 1.807) is 24.7 Å². The molecule has 5 nitrogen and oxygen atoms in total. The molecule has 0 saturated heterocycles. The van der Waals surface area contributed by atoms with E-state index in [4.69, 9.17) is 5.11 Å². The van der Waals surface area contributed by atoms with Crippen LogP contribution in [-0.2, 0) is 13.1 Å². The number of carbonyl (C=O) groups is 1. The van der Waals surface area contributed by atoms with Gasteiger partial charge in [-0.2, -0.15) is 0 Å². The van der Waals surface area contributed by atoms with Gasteiger partial charge in [0.2, 0.25) is 0 Å². The molecule has 0 unspecified atom stereocenters. The molecule has 2 heterocycles. The van der Waals surface area contributed by atoms with Gasteiger partial charge in [-0.3, -0.25) is 0 Å². The van der Waals surface area contributed by atoms with Crippen molar-refractivity contribution >= 4 is 16.9 Å². The van der Waals surface area contributed by atoms with Crippen LogP contribution in [0.4, 0.5) is 0 Å². The Morgan fingerprint density at radius 3 is 2.85 bits per heavy atom. The van der Waals surface area contributed by atoms with Crippen molar-refractivity contribution in [2.24, 2.45) is 0 Å². The first-order chi connectivity index (χ1) is 9.74. The number of aryl methyl sites for hydroxylation is 2. The summed E-state index contributed by atoms with van der Waals surface area (Å²) in [6, 6.07) is 7.23. The van der Waals surface area contributed by atoms with Gasteiger partial charge < -0.3 is 14.2 Å². The van der Waals surface area contributed by atoms with Crippen LogP contribution in [0.25, 0.3) is 10.9 Å². The largest absolute Gasteiger partial charge is 0.478 e. The van der Waals surface area contributed by atoms with E-state index in [0.29, 0.717) is 5.56 Å². The highest BCUT2D eigenvalue weighted by molar-refractivity contribution is 5.93. The van der Waals surface area contributed by atoms with Crippen LogP contribution < -0.4 is 0 Å². The molecule has 0 aliphatic carbocycles. The third-order valence-corrected chi connectivity index (χ3v) is 3.40. The lowest BCUT2D eigenvalue weighted by Gasteiger charge is -2.06. The fourth-order valence-corrected chi connectivity index (χ4v) is 2.35. The number of hydrogen-bond acceptors (Lipinski definition) is 2. The van der Waals surface area contributed by atoms with E-state index in [2.05, 4.69) is 9.55 Å². The molecule has 5 heteroatoms. The molecule has 0 saturated carbocycles. The summed E-state index contributed by atoms with van der Waals surface area (Å²) >= 11 is 0. The molecule has 0 aliphatic heterocycles. The van der Waals surface area contributed by atoms with Crippen LogP contribution in [0, 0.1) is 0 Å². The number of carboxylic acid groups (broad SMARTS) is 1. The zero-order chi connectivity index (χ0) is 13.9. The van der Waals surface area contributed by atoms with Gasteiger partial charge in [-0.05, 0) is 30.0 Å². The minimum absolute atomic E-state index is 0.326. The summed E-state index contributed by atoms with van der Waals surface area (Å²) in [6.07, 6.45) is 8.48. The summed E-state index contributed by atoms with van der Waals surface area (Å²) in [5.41, 5.74) is 1.29. The Bertz CT molecular complexity index is 729. The maximum atomic E-state index is 11.0. The Kier molecular flexibility index (Phi) is 3.25. The van der Waals surface area contributed by atoms with Crippen molar-refractivity contribution in [1.82, 2.24) is 14.1 Å². The summed E-state index contributed by atoms with van der Waals surface area (Å²) in [7, 11) is 0. The predicted octanol–water partition coefficient (Wildman–Crippen LogP) is 2.63. The van der Waals surface area contributed by atoms with Crippen molar-refractivity contribution in [1.29, 1.82) is 0 Å². The number of aromatic carboxylic acids is 1. The van der Waals surface area contributed by atoms with E-state index in [1.165, 1.54) is 0 Å². The average Bonchev–Trinajstić information content (AvgIpc) is 3.08. The molecule has 0 radical (unpaired) electrons. The number of nitrogens with zero attached hydrogens (tertiary/aromatic N) is 3. The Morgan fingerprint density at radius 1 is 1.20 bits per heavy atom. The molecule has 0 aliphatic rings. The van der Waals surface area contributed by atoms with E-state index < -0.39 is 5.97 Å². The monoisotopic (exact) mass is 269 g/mol. The lowest BCUT2D eigenvalue weighted by atomic mass is 10.1. The highest BCUT2D eigenvalue weighted by Gasteiger charge is 2.06. The summed E-state index contributed by atoms with van der Waals surface area (Å²) in [4.78, 5) is 15.0. The summed E-state index contributed by atoms with van der Waals surface area (Å²) < 4.78 is 4.13. The molecule has 0 fully saturated rings. The number of fused-ring (bicyclic) bond motifs is 1. The van der Waals surface area contributed by atoms with E-state index in [9.17, 15) is 4.79 Å². The third kappa shape index (κ3) is 2.42. The molecule has 1 N–H and O–H groups in total. The molecule has 1 aromatic carbocycles. The van der Waals surface area contributed by atoms with Crippen LogP contribution in [0.3, 0.4) is 0 Å². The van der Waals surface area contributed by atoms with Gasteiger partial charge in [0.1, 0.15) is 0 Å². The number of hydrogen-bond donors (Lipinski definition) is 1. The normalized spacial score (nSPS) is 11.0. The standard InChI is InChI=1S/C15H15N3O2/c19-15(20)13-3-2-12-4-8-18(14(12)10-13)7-1-6-17-9-5-16-11-17/h2-5,8-11H,1,6-7H2,(H,19,20). The second-order valence-corrected chi connectivity index (χ2v) is 4.74. The molecule has 3 aromatic rings. The highest BCUT2D eigenvalue weighted by Crippen LogP contribution is 2.18. The maximum Gasteiger partial charge on any atom is 0.335 e. The predicted molar refractivity (Wildman–Crippen MR) is 75.7 cm³/mol. The van der Waals surface area contributed by atoms with Crippen molar-refractivity contribution in [3.8, 4) is 0 Å². The molecule has 0 atom stereocenters. The van der Waals surface area contributed by atoms with Gasteiger partial charge in [0, 0.05) is 37.2 Å². The zero-order valence-corrected chi connectivity index (χ0v) is 10.9. The van der Waals surface area contributed by atoms with Crippen LogP contribution in [0.5, 0.6) is 0 Å². The molecule has 3 rings (SSSR count). The number of rotatable bonds is 5. The topological polar surface area (TPSA) is 60.0 Å². The number of benzene rings is 1. The second kappa shape index (κ2) is 5.21. The first kappa shape index (κ1) is 12.5. The maximum absolute atomic E-state index is 11.0. The van der Waals surface area contributed by atoms with Crippen LogP contribution >= 0.6 is 0 Å². The van der Waals surface area contributed by atoms with Crippen molar-refractivity contribution in [3.63, 3.8) is 0 Å². The average molecular weight is 269 g/mol. The lowest BCUT2D eigenvalue weighted by molar-refractivity contribution is 0.0697. The lowest BCUT2D eigenvalue weighted by Crippen LogP contribution is -2.02. The van der Waals surface area contributed by atoms with Crippen molar-refractivity contribution < 1.29 is 9.90 Å². The molecule has 102 valence electrons. The zero-order valence-electron chi connectivity index (χ0n) is 10.9. The van der Waals surface area contributed by atoms with Crippen LogP contribution in [0.1, 0.15) is 16.8 Å². The molecule has 0 amide bonds. The van der Waals surface area contributed by atoms with Crippen molar-refractivity contribution in [2.45, 2.75) is 19.5 Å². The minimum Gasteiger partial charge on any atom is -0.478 e. The van der Waals surface area contributed by atoms with Crippen molar-refractivity contribution in [3.05, 3.63) is 54.7 Å². The Hall–Kier alpha value is -2.56. The fourth-order valence-electron chi connectivity index (χ4n) is 2.35. The second-order valence-electron chi connectivity index (χ2n) is 4.74. The van der Waals surface area contributed by atoms with Gasteiger partial charge in [-0.25, -0.2) is 9.78 Å². The fraction of sp³-hybridized carbons (Fsp3) is 0.200. The van der Waals surface area contributed by atoms with Gasteiger partial charge in [-0.15, -0.1) is 0 Å². The molecule has 2 aromatic heterocycles. The van der Waals surface area contributed by atoms with E-state index in [0.717, 1.165) is 30.4 Å². The van der Waals surface area contributed by atoms with Gasteiger partial charge >= 0.3 is 5.97 Å². The van der Waals surface area contributed by atoms with Crippen molar-refractivity contribution in [2.75, 3.05) is 0 Å². The molecular formula is C15H15N3O2. The minimum atomic E-state index is -0.891. The Balaban J connectivity index is 1.77. The van der Waals surface area contributed by atoms with E-state index in [-0.39, 0.29) is 0 Å². The van der Waals surface area contributed by atoms with Crippen LogP contribution in [0.2, 0.25) is 0 Å². The third-order valence-electron chi connectivity index (χ3n) is 3.40.